The average molecular weight is 729 g/mol. The van der Waals surface area contributed by atoms with Crippen LogP contribution >= 0.6 is 39.0 Å². The maximum atomic E-state index is 13.3. The van der Waals surface area contributed by atoms with Gasteiger partial charge < -0.3 is 16.0 Å². The number of nitro groups is 1. The molecule has 0 spiro atoms. The van der Waals surface area contributed by atoms with Crippen LogP contribution in [0.4, 0.5) is 16.5 Å². The number of halogens is 1. The number of anilines is 2. The molecule has 0 saturated heterocycles. The third kappa shape index (κ3) is 9.22. The molecule has 0 aliphatic rings. The zero-order valence-corrected chi connectivity index (χ0v) is 27.9. The fraction of sp³-hybridized carbons (Fsp3) is 0.0588. The summed E-state index contributed by atoms with van der Waals surface area (Å²) in [6.07, 6.45) is 1.60. The summed E-state index contributed by atoms with van der Waals surface area (Å²) in [5, 5.41) is 21.1. The lowest BCUT2D eigenvalue weighted by molar-refractivity contribution is -0.384. The van der Waals surface area contributed by atoms with Crippen molar-refractivity contribution in [3.63, 3.8) is 0 Å². The monoisotopic (exact) mass is 727 g/mol. The number of thioether (sulfide) groups is 1. The Hall–Kier alpha value is -5.11. The van der Waals surface area contributed by atoms with E-state index in [1.807, 2.05) is 24.3 Å². The standard InChI is InChI=1S/C34H26BrN5O5S2/c1-21(31(41)39-34-38-30(20-46-34)24-8-5-9-27(19-24)40(44)45)47-28-16-14-26(15-17-28)36-33(43)29(18-22-10-12-25(35)13-11-22)37-32(42)23-6-3-2-4-7-23/h2-21H,1H3,(H,36,43)(H,37,42)(H,38,39,41)/b29-18-. The highest BCUT2D eigenvalue weighted by atomic mass is 79.9. The number of carbonyl (C=O) groups is 3. The van der Waals surface area contributed by atoms with Crippen molar-refractivity contribution in [2.24, 2.45) is 0 Å². The lowest BCUT2D eigenvalue weighted by atomic mass is 10.1. The molecule has 4 aromatic carbocycles. The van der Waals surface area contributed by atoms with Gasteiger partial charge in [-0.25, -0.2) is 4.98 Å². The van der Waals surface area contributed by atoms with Crippen molar-refractivity contribution in [2.45, 2.75) is 17.1 Å². The van der Waals surface area contributed by atoms with E-state index < -0.39 is 22.0 Å². The van der Waals surface area contributed by atoms with Gasteiger partial charge in [0.15, 0.2) is 5.13 Å². The normalized spacial score (nSPS) is 11.7. The molecule has 1 atom stereocenters. The number of amides is 3. The van der Waals surface area contributed by atoms with Gasteiger partial charge in [-0.05, 0) is 67.1 Å². The fourth-order valence-corrected chi connectivity index (χ4v) is 6.04. The SMILES string of the molecule is CC(Sc1ccc(NC(=O)/C(=C/c2ccc(Br)cc2)NC(=O)c2ccccc2)cc1)C(=O)Nc1nc(-c2cccc([N+](=O)[O-])c2)cs1. The predicted molar refractivity (Wildman–Crippen MR) is 189 cm³/mol. The van der Waals surface area contributed by atoms with Crippen molar-refractivity contribution in [2.75, 3.05) is 10.6 Å². The van der Waals surface area contributed by atoms with Crippen molar-refractivity contribution >= 4 is 79.3 Å². The Balaban J connectivity index is 1.20. The molecule has 47 heavy (non-hydrogen) atoms. The van der Waals surface area contributed by atoms with Crippen LogP contribution < -0.4 is 16.0 Å². The van der Waals surface area contributed by atoms with Gasteiger partial charge in [0.25, 0.3) is 17.5 Å². The molecule has 5 rings (SSSR count). The maximum Gasteiger partial charge on any atom is 0.272 e. The summed E-state index contributed by atoms with van der Waals surface area (Å²) in [5.74, 6) is -1.18. The van der Waals surface area contributed by atoms with E-state index in [1.54, 1.807) is 85.1 Å². The van der Waals surface area contributed by atoms with Crippen LogP contribution in [0, 0.1) is 10.1 Å². The highest BCUT2D eigenvalue weighted by Crippen LogP contribution is 2.29. The van der Waals surface area contributed by atoms with Gasteiger partial charge in [0.1, 0.15) is 5.70 Å². The lowest BCUT2D eigenvalue weighted by Crippen LogP contribution is -2.30. The molecule has 0 aliphatic carbocycles. The van der Waals surface area contributed by atoms with Gasteiger partial charge in [-0.3, -0.25) is 24.5 Å². The number of carbonyl (C=O) groups excluding carboxylic acids is 3. The zero-order valence-electron chi connectivity index (χ0n) is 24.7. The van der Waals surface area contributed by atoms with Gasteiger partial charge in [0.2, 0.25) is 5.91 Å². The first kappa shape index (κ1) is 33.3. The molecule has 3 N–H and O–H groups in total. The zero-order chi connectivity index (χ0) is 33.3. The molecule has 0 fully saturated rings. The first-order valence-electron chi connectivity index (χ1n) is 14.1. The fourth-order valence-electron chi connectivity index (χ4n) is 4.19. The van der Waals surface area contributed by atoms with Crippen molar-refractivity contribution in [3.8, 4) is 11.3 Å². The Kier molecular flexibility index (Phi) is 10.9. The van der Waals surface area contributed by atoms with Crippen LogP contribution in [0.1, 0.15) is 22.8 Å². The third-order valence-electron chi connectivity index (χ3n) is 6.59. The number of aromatic nitrogens is 1. The number of non-ortho nitro benzene ring substituents is 1. The van der Waals surface area contributed by atoms with Crippen LogP contribution in [0.25, 0.3) is 17.3 Å². The van der Waals surface area contributed by atoms with Gasteiger partial charge in [0.05, 0.1) is 15.9 Å². The van der Waals surface area contributed by atoms with Crippen molar-refractivity contribution in [1.29, 1.82) is 0 Å². The summed E-state index contributed by atoms with van der Waals surface area (Å²) in [4.78, 5) is 54.9. The summed E-state index contributed by atoms with van der Waals surface area (Å²) in [6.45, 7) is 1.76. The van der Waals surface area contributed by atoms with E-state index in [2.05, 4.69) is 36.9 Å². The number of nitrogens with zero attached hydrogens (tertiary/aromatic N) is 2. The Morgan fingerprint density at radius 2 is 1.66 bits per heavy atom. The molecule has 0 bridgehead atoms. The van der Waals surface area contributed by atoms with E-state index in [0.717, 1.165) is 14.9 Å². The van der Waals surface area contributed by atoms with Crippen LogP contribution in [0.2, 0.25) is 0 Å². The van der Waals surface area contributed by atoms with Crippen molar-refractivity contribution in [3.05, 3.63) is 140 Å². The highest BCUT2D eigenvalue weighted by Gasteiger charge is 2.18. The van der Waals surface area contributed by atoms with E-state index >= 15 is 0 Å². The molecular formula is C34H26BrN5O5S2. The molecule has 0 radical (unpaired) electrons. The Morgan fingerprint density at radius 1 is 0.936 bits per heavy atom. The summed E-state index contributed by atoms with van der Waals surface area (Å²) in [6, 6.07) is 29.1. The molecule has 0 saturated carbocycles. The number of hydrogen-bond donors (Lipinski definition) is 3. The summed E-state index contributed by atoms with van der Waals surface area (Å²) in [5.41, 5.74) is 2.79. The van der Waals surface area contributed by atoms with E-state index in [-0.39, 0.29) is 17.3 Å². The van der Waals surface area contributed by atoms with Crippen LogP contribution in [-0.2, 0) is 9.59 Å². The summed E-state index contributed by atoms with van der Waals surface area (Å²) in [7, 11) is 0. The van der Waals surface area contributed by atoms with Gasteiger partial charge in [-0.15, -0.1) is 23.1 Å². The van der Waals surface area contributed by atoms with Gasteiger partial charge >= 0.3 is 0 Å². The number of benzene rings is 4. The second-order valence-corrected chi connectivity index (χ2v) is 13.2. The van der Waals surface area contributed by atoms with Crippen molar-refractivity contribution < 1.29 is 19.3 Å². The second kappa shape index (κ2) is 15.5. The maximum absolute atomic E-state index is 13.3. The average Bonchev–Trinajstić information content (AvgIpc) is 3.55. The predicted octanol–water partition coefficient (Wildman–Crippen LogP) is 8.01. The van der Waals surface area contributed by atoms with E-state index in [4.69, 9.17) is 0 Å². The second-order valence-electron chi connectivity index (χ2n) is 10.0. The number of nitro benzene ring substituents is 1. The summed E-state index contributed by atoms with van der Waals surface area (Å²) < 4.78 is 0.883. The molecule has 0 aliphatic heterocycles. The van der Waals surface area contributed by atoms with Gasteiger partial charge in [-0.2, -0.15) is 0 Å². The smallest absolute Gasteiger partial charge is 0.272 e. The van der Waals surface area contributed by atoms with E-state index in [9.17, 15) is 24.5 Å². The number of thiazole rings is 1. The third-order valence-corrected chi connectivity index (χ3v) is 8.99. The molecule has 1 unspecified atom stereocenters. The van der Waals surface area contributed by atoms with Crippen LogP contribution in [0.15, 0.2) is 124 Å². The molecule has 3 amide bonds. The highest BCUT2D eigenvalue weighted by molar-refractivity contribution is 9.10. The Labute approximate surface area is 286 Å². The van der Waals surface area contributed by atoms with Gasteiger partial charge in [0, 0.05) is 43.7 Å². The first-order valence-corrected chi connectivity index (χ1v) is 16.6. The largest absolute Gasteiger partial charge is 0.321 e. The number of rotatable bonds is 11. The van der Waals surface area contributed by atoms with Crippen molar-refractivity contribution in [1.82, 2.24) is 10.3 Å². The van der Waals surface area contributed by atoms with E-state index in [1.165, 1.54) is 35.2 Å². The number of hydrogen-bond acceptors (Lipinski definition) is 8. The lowest BCUT2D eigenvalue weighted by Gasteiger charge is -2.13. The Morgan fingerprint density at radius 3 is 2.36 bits per heavy atom. The van der Waals surface area contributed by atoms with Crippen LogP contribution in [0.3, 0.4) is 0 Å². The van der Waals surface area contributed by atoms with Crippen LogP contribution in [0.5, 0.6) is 0 Å². The Bertz CT molecular complexity index is 1950. The molecule has 5 aromatic rings. The van der Waals surface area contributed by atoms with E-state index in [0.29, 0.717) is 27.6 Å². The molecule has 236 valence electrons. The molecule has 13 heteroatoms. The molecule has 1 heterocycles. The molecular weight excluding hydrogens is 702 g/mol. The minimum Gasteiger partial charge on any atom is -0.321 e. The topological polar surface area (TPSA) is 143 Å². The quantitative estimate of drug-likeness (QED) is 0.0541. The van der Waals surface area contributed by atoms with Gasteiger partial charge in [-0.1, -0.05) is 58.4 Å². The molecule has 1 aromatic heterocycles. The van der Waals surface area contributed by atoms with Crippen LogP contribution in [-0.4, -0.2) is 32.9 Å². The molecule has 10 nitrogen and oxygen atoms in total. The first-order chi connectivity index (χ1) is 22.6. The minimum absolute atomic E-state index is 0.0378. The minimum atomic E-state index is -0.502. The number of nitrogens with one attached hydrogen (secondary N) is 3. The summed E-state index contributed by atoms with van der Waals surface area (Å²) >= 11 is 5.96.